The summed E-state index contributed by atoms with van der Waals surface area (Å²) in [6.45, 7) is 0. The molecular formula is C22H25NO5. The summed E-state index contributed by atoms with van der Waals surface area (Å²) in [7, 11) is 3.22. The molecule has 148 valence electrons. The predicted molar refractivity (Wildman–Crippen MR) is 105 cm³/mol. The maximum atomic E-state index is 12.4. The highest BCUT2D eigenvalue weighted by molar-refractivity contribution is 5.91. The van der Waals surface area contributed by atoms with Crippen LogP contribution in [0.3, 0.4) is 0 Å². The molecule has 1 spiro atoms. The number of hydrogen-bond acceptors (Lipinski definition) is 5. The second-order valence-electron chi connectivity index (χ2n) is 7.25. The Hall–Kier alpha value is -2.89. The first-order chi connectivity index (χ1) is 13.6. The smallest absolute Gasteiger partial charge is 0.251 e. The van der Waals surface area contributed by atoms with Crippen molar-refractivity contribution in [3.8, 4) is 23.0 Å². The molecule has 2 aliphatic rings. The number of ether oxygens (including phenoxy) is 4. The van der Waals surface area contributed by atoms with E-state index < -0.39 is 5.79 Å². The van der Waals surface area contributed by atoms with Gasteiger partial charge in [-0.05, 0) is 49.1 Å². The molecule has 0 saturated heterocycles. The summed E-state index contributed by atoms with van der Waals surface area (Å²) in [6.07, 6.45) is 5.00. The van der Waals surface area contributed by atoms with Crippen LogP contribution in [0.4, 0.5) is 5.69 Å². The van der Waals surface area contributed by atoms with Crippen molar-refractivity contribution < 1.29 is 23.7 Å². The van der Waals surface area contributed by atoms with Crippen LogP contribution in [-0.4, -0.2) is 25.9 Å². The summed E-state index contributed by atoms with van der Waals surface area (Å²) >= 11 is 0. The van der Waals surface area contributed by atoms with Gasteiger partial charge in [-0.2, -0.15) is 0 Å². The first-order valence-electron chi connectivity index (χ1n) is 9.63. The van der Waals surface area contributed by atoms with Crippen molar-refractivity contribution in [3.63, 3.8) is 0 Å². The molecule has 0 bridgehead atoms. The minimum Gasteiger partial charge on any atom is -0.497 e. The van der Waals surface area contributed by atoms with Crippen molar-refractivity contribution in [2.45, 2.75) is 44.3 Å². The van der Waals surface area contributed by atoms with Gasteiger partial charge in [-0.15, -0.1) is 0 Å². The number of anilines is 1. The van der Waals surface area contributed by atoms with Gasteiger partial charge in [-0.3, -0.25) is 4.79 Å². The van der Waals surface area contributed by atoms with Crippen molar-refractivity contribution >= 4 is 11.6 Å². The lowest BCUT2D eigenvalue weighted by atomic mass is 10.1. The van der Waals surface area contributed by atoms with Crippen LogP contribution < -0.4 is 24.3 Å². The molecule has 0 radical (unpaired) electrons. The number of methoxy groups -OCH3 is 2. The van der Waals surface area contributed by atoms with Crippen molar-refractivity contribution in [2.75, 3.05) is 19.5 Å². The largest absolute Gasteiger partial charge is 0.497 e. The fraction of sp³-hybridized carbons (Fsp3) is 0.409. The molecule has 1 heterocycles. The maximum absolute atomic E-state index is 12.4. The third kappa shape index (κ3) is 3.86. The SMILES string of the molecule is COc1cc(CCC(=O)Nc2ccc3c(c2)OC2(CCCC2)O3)cc(OC)c1. The number of carbonyl (C=O) groups is 1. The summed E-state index contributed by atoms with van der Waals surface area (Å²) in [6, 6.07) is 11.2. The van der Waals surface area contributed by atoms with Gasteiger partial charge in [0, 0.05) is 37.1 Å². The van der Waals surface area contributed by atoms with E-state index in [-0.39, 0.29) is 5.91 Å². The first kappa shape index (κ1) is 18.5. The molecule has 0 unspecified atom stereocenters. The van der Waals surface area contributed by atoms with Gasteiger partial charge in [0.2, 0.25) is 5.91 Å². The van der Waals surface area contributed by atoms with Gasteiger partial charge in [-0.25, -0.2) is 0 Å². The van der Waals surface area contributed by atoms with Gasteiger partial charge in [0.15, 0.2) is 11.5 Å². The molecule has 0 atom stereocenters. The van der Waals surface area contributed by atoms with Crippen LogP contribution in [0.1, 0.15) is 37.7 Å². The van der Waals surface area contributed by atoms with E-state index in [1.165, 1.54) is 0 Å². The summed E-state index contributed by atoms with van der Waals surface area (Å²) in [5.74, 6) is 2.34. The van der Waals surface area contributed by atoms with E-state index in [0.29, 0.717) is 35.8 Å². The number of aryl methyl sites for hydroxylation is 1. The molecule has 0 aromatic heterocycles. The maximum Gasteiger partial charge on any atom is 0.251 e. The number of carbonyl (C=O) groups excluding carboxylic acids is 1. The zero-order valence-corrected chi connectivity index (χ0v) is 16.2. The van der Waals surface area contributed by atoms with Gasteiger partial charge in [-0.1, -0.05) is 0 Å². The number of fused-ring (bicyclic) bond motifs is 1. The number of rotatable bonds is 6. The highest BCUT2D eigenvalue weighted by Crippen LogP contribution is 2.47. The third-order valence-electron chi connectivity index (χ3n) is 5.24. The molecule has 6 nitrogen and oxygen atoms in total. The molecule has 1 N–H and O–H groups in total. The Morgan fingerprint density at radius 1 is 1.00 bits per heavy atom. The standard InChI is InChI=1S/C22H25NO5/c1-25-17-11-15(12-18(14-17)26-2)5-8-21(24)23-16-6-7-19-20(13-16)28-22(27-19)9-3-4-10-22/h6-7,11-14H,3-5,8-10H2,1-2H3,(H,23,24). The molecule has 1 saturated carbocycles. The van der Waals surface area contributed by atoms with Crippen molar-refractivity contribution in [1.82, 2.24) is 0 Å². The van der Waals surface area contributed by atoms with Crippen molar-refractivity contribution in [3.05, 3.63) is 42.0 Å². The topological polar surface area (TPSA) is 66.0 Å². The van der Waals surface area contributed by atoms with E-state index >= 15 is 0 Å². The van der Waals surface area contributed by atoms with E-state index in [1.807, 2.05) is 36.4 Å². The minimum absolute atomic E-state index is 0.0590. The van der Waals surface area contributed by atoms with Gasteiger partial charge in [0.05, 0.1) is 14.2 Å². The molecule has 1 fully saturated rings. The minimum atomic E-state index is -0.490. The lowest BCUT2D eigenvalue weighted by molar-refractivity contribution is -0.116. The molecule has 4 rings (SSSR count). The third-order valence-corrected chi connectivity index (χ3v) is 5.24. The fourth-order valence-corrected chi connectivity index (χ4v) is 3.78. The molecular weight excluding hydrogens is 358 g/mol. The van der Waals surface area contributed by atoms with E-state index in [1.54, 1.807) is 14.2 Å². The Morgan fingerprint density at radius 2 is 1.68 bits per heavy atom. The average molecular weight is 383 g/mol. The highest BCUT2D eigenvalue weighted by atomic mass is 16.7. The molecule has 1 amide bonds. The summed E-state index contributed by atoms with van der Waals surface area (Å²) in [5.41, 5.74) is 1.70. The van der Waals surface area contributed by atoms with Crippen LogP contribution in [0.15, 0.2) is 36.4 Å². The molecule has 28 heavy (non-hydrogen) atoms. The van der Waals surface area contributed by atoms with E-state index in [4.69, 9.17) is 18.9 Å². The van der Waals surface area contributed by atoms with E-state index in [2.05, 4.69) is 5.32 Å². The van der Waals surface area contributed by atoms with Gasteiger partial charge < -0.3 is 24.3 Å². The Labute approximate surface area is 164 Å². The van der Waals surface area contributed by atoms with Gasteiger partial charge in [0.25, 0.3) is 5.79 Å². The van der Waals surface area contributed by atoms with E-state index in [9.17, 15) is 4.79 Å². The van der Waals surface area contributed by atoms with Crippen LogP contribution in [0.5, 0.6) is 23.0 Å². The summed E-state index contributed by atoms with van der Waals surface area (Å²) in [4.78, 5) is 12.4. The second-order valence-corrected chi connectivity index (χ2v) is 7.25. The first-order valence-corrected chi connectivity index (χ1v) is 9.63. The molecule has 2 aromatic carbocycles. The molecule has 2 aromatic rings. The zero-order valence-electron chi connectivity index (χ0n) is 16.2. The van der Waals surface area contributed by atoms with Crippen LogP contribution in [-0.2, 0) is 11.2 Å². The normalized spacial score (nSPS) is 16.2. The lowest BCUT2D eigenvalue weighted by Crippen LogP contribution is -2.34. The monoisotopic (exact) mass is 383 g/mol. The number of benzene rings is 2. The number of nitrogens with one attached hydrogen (secondary N) is 1. The average Bonchev–Trinajstić information content (AvgIpc) is 3.31. The summed E-state index contributed by atoms with van der Waals surface area (Å²) < 4.78 is 22.6. The lowest BCUT2D eigenvalue weighted by Gasteiger charge is -2.21. The van der Waals surface area contributed by atoms with E-state index in [0.717, 1.165) is 37.0 Å². The molecule has 1 aliphatic carbocycles. The predicted octanol–water partition coefficient (Wildman–Crippen LogP) is 4.32. The molecule has 6 heteroatoms. The zero-order chi connectivity index (χ0) is 19.6. The Kier molecular flexibility index (Phi) is 5.03. The second kappa shape index (κ2) is 7.62. The van der Waals surface area contributed by atoms with Crippen LogP contribution >= 0.6 is 0 Å². The highest BCUT2D eigenvalue weighted by Gasteiger charge is 2.44. The summed E-state index contributed by atoms with van der Waals surface area (Å²) in [5, 5.41) is 2.94. The molecule has 1 aliphatic heterocycles. The van der Waals surface area contributed by atoms with Crippen molar-refractivity contribution in [1.29, 1.82) is 0 Å². The van der Waals surface area contributed by atoms with Crippen LogP contribution in [0.2, 0.25) is 0 Å². The van der Waals surface area contributed by atoms with Crippen LogP contribution in [0, 0.1) is 0 Å². The van der Waals surface area contributed by atoms with Crippen molar-refractivity contribution in [2.24, 2.45) is 0 Å². The number of hydrogen-bond donors (Lipinski definition) is 1. The van der Waals surface area contributed by atoms with Gasteiger partial charge in [0.1, 0.15) is 11.5 Å². The Balaban J connectivity index is 1.36. The number of amides is 1. The van der Waals surface area contributed by atoms with Gasteiger partial charge >= 0.3 is 0 Å². The quantitative estimate of drug-likeness (QED) is 0.805. The fourth-order valence-electron chi connectivity index (χ4n) is 3.78. The van der Waals surface area contributed by atoms with Crippen LogP contribution in [0.25, 0.3) is 0 Å². The Morgan fingerprint density at radius 3 is 2.36 bits per heavy atom. The Bertz CT molecular complexity index is 851.